The summed E-state index contributed by atoms with van der Waals surface area (Å²) < 4.78 is 5.53. The van der Waals surface area contributed by atoms with Crippen LogP contribution in [0.3, 0.4) is 0 Å². The molecule has 4 nitrogen and oxygen atoms in total. The first-order chi connectivity index (χ1) is 12.2. The zero-order chi connectivity index (χ0) is 17.0. The average Bonchev–Trinajstić information content (AvgIpc) is 3.00. The first kappa shape index (κ1) is 14.9. The summed E-state index contributed by atoms with van der Waals surface area (Å²) in [4.78, 5) is 16.5. The number of hydrogen-bond donors (Lipinski definition) is 0. The van der Waals surface area contributed by atoms with Gasteiger partial charge in [-0.15, -0.1) is 11.3 Å². The average molecular weight is 350 g/mol. The van der Waals surface area contributed by atoms with Gasteiger partial charge < -0.3 is 9.42 Å². The number of hydrogen-bond acceptors (Lipinski definition) is 4. The Bertz CT molecular complexity index is 940. The Labute approximate surface area is 150 Å². The molecular formula is C20H18N2O2S. The number of rotatable bonds is 3. The topological polar surface area (TPSA) is 46.3 Å². The number of thiophene rings is 1. The highest BCUT2D eigenvalue weighted by atomic mass is 32.1. The molecule has 1 saturated carbocycles. The van der Waals surface area contributed by atoms with Crippen molar-refractivity contribution in [1.82, 2.24) is 5.16 Å². The Morgan fingerprint density at radius 1 is 1.28 bits per heavy atom. The SMILES string of the molecule is CC1Cc2ccccc2N1C(=O)C1(c2cc(-c3cccs3)on2)CC1. The number of amides is 1. The molecule has 1 fully saturated rings. The second kappa shape index (κ2) is 5.30. The van der Waals surface area contributed by atoms with E-state index in [4.69, 9.17) is 4.52 Å². The van der Waals surface area contributed by atoms with Crippen molar-refractivity contribution in [1.29, 1.82) is 0 Å². The quantitative estimate of drug-likeness (QED) is 0.703. The van der Waals surface area contributed by atoms with Crippen molar-refractivity contribution in [2.45, 2.75) is 37.6 Å². The van der Waals surface area contributed by atoms with Crippen LogP contribution in [0.5, 0.6) is 0 Å². The van der Waals surface area contributed by atoms with E-state index in [1.54, 1.807) is 11.3 Å². The van der Waals surface area contributed by atoms with Gasteiger partial charge >= 0.3 is 0 Å². The Hall–Kier alpha value is -2.40. The van der Waals surface area contributed by atoms with Crippen LogP contribution in [0.4, 0.5) is 5.69 Å². The Kier molecular flexibility index (Phi) is 3.16. The van der Waals surface area contributed by atoms with Crippen molar-refractivity contribution in [3.05, 3.63) is 59.1 Å². The maximum atomic E-state index is 13.4. The molecule has 3 heterocycles. The third-order valence-electron chi connectivity index (χ3n) is 5.35. The lowest BCUT2D eigenvalue weighted by Crippen LogP contribution is -2.42. The predicted octanol–water partition coefficient (Wildman–Crippen LogP) is 4.41. The van der Waals surface area contributed by atoms with Crippen LogP contribution >= 0.6 is 11.3 Å². The van der Waals surface area contributed by atoms with Crippen molar-refractivity contribution in [2.24, 2.45) is 0 Å². The molecule has 2 aromatic heterocycles. The van der Waals surface area contributed by atoms with E-state index in [1.807, 2.05) is 46.7 Å². The largest absolute Gasteiger partial charge is 0.355 e. The first-order valence-electron chi connectivity index (χ1n) is 8.62. The number of nitrogens with zero attached hydrogens (tertiary/aromatic N) is 2. The zero-order valence-corrected chi connectivity index (χ0v) is 14.8. The second-order valence-electron chi connectivity index (χ2n) is 6.99. The van der Waals surface area contributed by atoms with Crippen LogP contribution in [-0.4, -0.2) is 17.1 Å². The zero-order valence-electron chi connectivity index (χ0n) is 13.9. The Balaban J connectivity index is 1.50. The molecule has 5 heteroatoms. The van der Waals surface area contributed by atoms with Gasteiger partial charge in [0, 0.05) is 17.8 Å². The second-order valence-corrected chi connectivity index (χ2v) is 7.94. The normalized spacial score (nSPS) is 20.5. The highest BCUT2D eigenvalue weighted by molar-refractivity contribution is 7.13. The van der Waals surface area contributed by atoms with E-state index in [2.05, 4.69) is 18.1 Å². The lowest BCUT2D eigenvalue weighted by molar-refractivity contribution is -0.121. The molecule has 0 radical (unpaired) electrons. The molecule has 1 atom stereocenters. The van der Waals surface area contributed by atoms with E-state index in [9.17, 15) is 4.79 Å². The fourth-order valence-corrected chi connectivity index (χ4v) is 4.52. The molecule has 0 bridgehead atoms. The standard InChI is InChI=1S/C20H18N2O2S/c1-13-11-14-5-2-3-6-15(14)22(13)19(23)20(8-9-20)18-12-16(24-21-18)17-7-4-10-25-17/h2-7,10,12-13H,8-9,11H2,1H3. The minimum Gasteiger partial charge on any atom is -0.355 e. The molecule has 1 unspecified atom stereocenters. The van der Waals surface area contributed by atoms with Gasteiger partial charge in [-0.05, 0) is 49.3 Å². The predicted molar refractivity (Wildman–Crippen MR) is 97.8 cm³/mol. The summed E-state index contributed by atoms with van der Waals surface area (Å²) in [5, 5.41) is 6.28. The van der Waals surface area contributed by atoms with Crippen LogP contribution in [0, 0.1) is 0 Å². The number of carbonyl (C=O) groups excluding carboxylic acids is 1. The van der Waals surface area contributed by atoms with Crippen molar-refractivity contribution >= 4 is 22.9 Å². The maximum absolute atomic E-state index is 13.4. The molecular weight excluding hydrogens is 332 g/mol. The van der Waals surface area contributed by atoms with E-state index in [0.717, 1.165) is 41.3 Å². The van der Waals surface area contributed by atoms with Crippen LogP contribution in [0.1, 0.15) is 31.0 Å². The molecule has 2 aliphatic rings. The third kappa shape index (κ3) is 2.19. The van der Waals surface area contributed by atoms with E-state index < -0.39 is 5.41 Å². The molecule has 25 heavy (non-hydrogen) atoms. The van der Waals surface area contributed by atoms with Gasteiger partial charge in [0.2, 0.25) is 5.91 Å². The van der Waals surface area contributed by atoms with E-state index in [1.165, 1.54) is 5.56 Å². The summed E-state index contributed by atoms with van der Waals surface area (Å²) in [5.74, 6) is 0.912. The van der Waals surface area contributed by atoms with E-state index in [-0.39, 0.29) is 11.9 Å². The minimum atomic E-state index is -0.509. The molecule has 1 amide bonds. The van der Waals surface area contributed by atoms with Gasteiger partial charge in [0.25, 0.3) is 0 Å². The Morgan fingerprint density at radius 2 is 2.12 bits per heavy atom. The first-order valence-corrected chi connectivity index (χ1v) is 9.50. The lowest BCUT2D eigenvalue weighted by atomic mass is 9.99. The van der Waals surface area contributed by atoms with Gasteiger partial charge in [-0.3, -0.25) is 4.79 Å². The highest BCUT2D eigenvalue weighted by Crippen LogP contribution is 2.51. The molecule has 3 aromatic rings. The molecule has 0 saturated heterocycles. The maximum Gasteiger partial charge on any atom is 0.239 e. The van der Waals surface area contributed by atoms with Crippen molar-refractivity contribution in [2.75, 3.05) is 4.90 Å². The van der Waals surface area contributed by atoms with Crippen molar-refractivity contribution in [3.63, 3.8) is 0 Å². The fourth-order valence-electron chi connectivity index (χ4n) is 3.85. The Morgan fingerprint density at radius 3 is 2.88 bits per heavy atom. The van der Waals surface area contributed by atoms with E-state index >= 15 is 0 Å². The van der Waals surface area contributed by atoms with Gasteiger partial charge in [0.05, 0.1) is 16.0 Å². The van der Waals surface area contributed by atoms with Crippen LogP contribution < -0.4 is 4.90 Å². The smallest absolute Gasteiger partial charge is 0.239 e. The number of anilines is 1. The molecule has 1 aliphatic heterocycles. The van der Waals surface area contributed by atoms with Crippen molar-refractivity contribution in [3.8, 4) is 10.6 Å². The van der Waals surface area contributed by atoms with E-state index in [0.29, 0.717) is 0 Å². The monoisotopic (exact) mass is 350 g/mol. The summed E-state index contributed by atoms with van der Waals surface area (Å²) in [6, 6.07) is 14.3. The summed E-state index contributed by atoms with van der Waals surface area (Å²) in [7, 11) is 0. The highest BCUT2D eigenvalue weighted by Gasteiger charge is 2.57. The number of benzene rings is 1. The molecule has 5 rings (SSSR count). The summed E-state index contributed by atoms with van der Waals surface area (Å²) in [5.41, 5.74) is 2.56. The molecule has 1 aromatic carbocycles. The minimum absolute atomic E-state index is 0.163. The number of aromatic nitrogens is 1. The van der Waals surface area contributed by atoms with Gasteiger partial charge in [-0.25, -0.2) is 0 Å². The van der Waals surface area contributed by atoms with Crippen LogP contribution in [0.25, 0.3) is 10.6 Å². The summed E-state index contributed by atoms with van der Waals surface area (Å²) in [6.07, 6.45) is 2.60. The van der Waals surface area contributed by atoms with Crippen LogP contribution in [0.15, 0.2) is 52.4 Å². The van der Waals surface area contributed by atoms with Gasteiger partial charge in [-0.2, -0.15) is 0 Å². The van der Waals surface area contributed by atoms with Crippen LogP contribution in [0.2, 0.25) is 0 Å². The van der Waals surface area contributed by atoms with Gasteiger partial charge in [0.15, 0.2) is 5.76 Å². The molecule has 126 valence electrons. The van der Waals surface area contributed by atoms with Gasteiger partial charge in [0.1, 0.15) is 0 Å². The number of carbonyl (C=O) groups is 1. The third-order valence-corrected chi connectivity index (χ3v) is 6.23. The van der Waals surface area contributed by atoms with Crippen LogP contribution in [-0.2, 0) is 16.6 Å². The van der Waals surface area contributed by atoms with Gasteiger partial charge in [-0.1, -0.05) is 29.4 Å². The fraction of sp³-hybridized carbons (Fsp3) is 0.300. The molecule has 0 spiro atoms. The summed E-state index contributed by atoms with van der Waals surface area (Å²) in [6.45, 7) is 2.12. The number of fused-ring (bicyclic) bond motifs is 1. The summed E-state index contributed by atoms with van der Waals surface area (Å²) >= 11 is 1.62. The van der Waals surface area contributed by atoms with Crippen molar-refractivity contribution < 1.29 is 9.32 Å². The molecule has 1 aliphatic carbocycles. The lowest BCUT2D eigenvalue weighted by Gasteiger charge is -2.26. The molecule has 0 N–H and O–H groups in total. The number of para-hydroxylation sites is 1.